The Balaban J connectivity index is 3.71. The average molecular weight is 265 g/mol. The van der Waals surface area contributed by atoms with Crippen LogP contribution < -0.4 is 0 Å². The van der Waals surface area contributed by atoms with Crippen LogP contribution in [-0.2, 0) is 9.47 Å². The maximum absolute atomic E-state index is 5.63. The van der Waals surface area contributed by atoms with Crippen molar-refractivity contribution < 1.29 is 9.47 Å². The van der Waals surface area contributed by atoms with Gasteiger partial charge in [0.1, 0.15) is 0 Å². The van der Waals surface area contributed by atoms with Crippen molar-refractivity contribution in [1.82, 2.24) is 0 Å². The summed E-state index contributed by atoms with van der Waals surface area (Å²) in [5.41, 5.74) is 0. The lowest BCUT2D eigenvalue weighted by atomic mass is 10.3. The lowest BCUT2D eigenvalue weighted by molar-refractivity contribution is -0.137. The molecular weight excluding hydrogens is 244 g/mol. The smallest absolute Gasteiger partial charge is 0.167 e. The van der Waals surface area contributed by atoms with Crippen LogP contribution in [0.25, 0.3) is 0 Å². The fourth-order valence-electron chi connectivity index (χ4n) is 1.05. The predicted molar refractivity (Wildman–Crippen MR) is 63.8 cm³/mol. The topological polar surface area (TPSA) is 18.5 Å². The van der Waals surface area contributed by atoms with Crippen LogP contribution in [0.2, 0.25) is 0 Å². The molecule has 0 aliphatic carbocycles. The molecule has 3 heteroatoms. The summed E-state index contributed by atoms with van der Waals surface area (Å²) in [6, 6.07) is 0. The van der Waals surface area contributed by atoms with Gasteiger partial charge in [-0.1, -0.05) is 41.4 Å². The van der Waals surface area contributed by atoms with E-state index in [1.165, 1.54) is 6.42 Å². The first-order valence-corrected chi connectivity index (χ1v) is 6.36. The van der Waals surface area contributed by atoms with Crippen LogP contribution in [0, 0.1) is 0 Å². The molecule has 0 aromatic heterocycles. The zero-order valence-corrected chi connectivity index (χ0v) is 10.9. The molecule has 14 heavy (non-hydrogen) atoms. The monoisotopic (exact) mass is 264 g/mol. The normalized spacial score (nSPS) is 16.0. The first kappa shape index (κ1) is 14.1. The molecule has 2 nitrogen and oxygen atoms in total. The Hall–Kier alpha value is 0.140. The summed E-state index contributed by atoms with van der Waals surface area (Å²) in [6.45, 7) is 6.84. The molecule has 0 saturated heterocycles. The molecule has 84 valence electrons. The lowest BCUT2D eigenvalue weighted by Crippen LogP contribution is -2.23. The Bertz CT molecular complexity index is 148. The zero-order valence-electron chi connectivity index (χ0n) is 9.33. The molecule has 2 unspecified atom stereocenters. The van der Waals surface area contributed by atoms with Crippen molar-refractivity contribution in [3.63, 3.8) is 0 Å². The van der Waals surface area contributed by atoms with Crippen LogP contribution in [0.4, 0.5) is 0 Å². The van der Waals surface area contributed by atoms with Gasteiger partial charge in [-0.15, -0.1) is 0 Å². The van der Waals surface area contributed by atoms with Gasteiger partial charge < -0.3 is 9.47 Å². The van der Waals surface area contributed by atoms with Crippen molar-refractivity contribution in [2.24, 2.45) is 0 Å². The van der Waals surface area contributed by atoms with E-state index in [-0.39, 0.29) is 12.4 Å². The van der Waals surface area contributed by atoms with Crippen LogP contribution in [0.3, 0.4) is 0 Å². The van der Waals surface area contributed by atoms with E-state index in [2.05, 4.69) is 35.0 Å². The molecule has 0 bridgehead atoms. The zero-order chi connectivity index (χ0) is 10.8. The molecule has 0 aliphatic heterocycles. The summed E-state index contributed by atoms with van der Waals surface area (Å²) in [5.74, 6) is 0. The van der Waals surface area contributed by atoms with E-state index in [0.29, 0.717) is 11.9 Å². The maximum atomic E-state index is 5.63. The molecule has 0 radical (unpaired) electrons. The fourth-order valence-corrected chi connectivity index (χ4v) is 1.38. The molecular formula is C11H21BrO2. The van der Waals surface area contributed by atoms with Crippen LogP contribution in [0.1, 0.15) is 33.6 Å². The number of hydrogen-bond acceptors (Lipinski definition) is 2. The van der Waals surface area contributed by atoms with Crippen molar-refractivity contribution >= 4 is 15.9 Å². The molecule has 0 spiro atoms. The summed E-state index contributed by atoms with van der Waals surface area (Å²) in [6.07, 6.45) is 6.51. The van der Waals surface area contributed by atoms with Crippen LogP contribution in [0.15, 0.2) is 12.2 Å². The largest absolute Gasteiger partial charge is 0.352 e. The summed E-state index contributed by atoms with van der Waals surface area (Å²) in [5, 5.41) is 0.715. The highest BCUT2D eigenvalue weighted by Crippen LogP contribution is 2.05. The van der Waals surface area contributed by atoms with Gasteiger partial charge in [0.2, 0.25) is 0 Å². The summed E-state index contributed by atoms with van der Waals surface area (Å²) in [7, 11) is 0. The van der Waals surface area contributed by atoms with Gasteiger partial charge in [-0.3, -0.25) is 0 Å². The van der Waals surface area contributed by atoms with Crippen molar-refractivity contribution in [3.8, 4) is 0 Å². The van der Waals surface area contributed by atoms with Crippen molar-refractivity contribution in [3.05, 3.63) is 12.2 Å². The Morgan fingerprint density at radius 2 is 2.07 bits per heavy atom. The number of allylic oxidation sites excluding steroid dienone is 1. The SMILES string of the molecule is CCC/C=C/C(C)OC(CBr)OCC. The molecule has 0 aromatic rings. The number of hydrogen-bond donors (Lipinski definition) is 0. The Morgan fingerprint density at radius 3 is 2.57 bits per heavy atom. The highest BCUT2D eigenvalue weighted by Gasteiger charge is 2.09. The fraction of sp³-hybridized carbons (Fsp3) is 0.818. The molecule has 0 fully saturated rings. The summed E-state index contributed by atoms with van der Waals surface area (Å²) >= 11 is 3.35. The van der Waals surface area contributed by atoms with E-state index < -0.39 is 0 Å². The molecule has 0 aliphatic rings. The Kier molecular flexibility index (Phi) is 9.78. The van der Waals surface area contributed by atoms with E-state index >= 15 is 0 Å². The molecule has 0 saturated carbocycles. The van der Waals surface area contributed by atoms with Crippen molar-refractivity contribution in [2.45, 2.75) is 46.0 Å². The first-order chi connectivity index (χ1) is 6.74. The minimum Gasteiger partial charge on any atom is -0.352 e. The van der Waals surface area contributed by atoms with Gasteiger partial charge in [-0.2, -0.15) is 0 Å². The van der Waals surface area contributed by atoms with Gasteiger partial charge in [0.05, 0.1) is 11.4 Å². The number of ether oxygens (including phenoxy) is 2. The van der Waals surface area contributed by atoms with Gasteiger partial charge >= 0.3 is 0 Å². The van der Waals surface area contributed by atoms with E-state index in [1.807, 2.05) is 13.8 Å². The number of halogens is 1. The van der Waals surface area contributed by atoms with E-state index in [4.69, 9.17) is 9.47 Å². The minimum absolute atomic E-state index is 0.121. The molecule has 0 heterocycles. The third-order valence-electron chi connectivity index (χ3n) is 1.71. The van der Waals surface area contributed by atoms with E-state index in [0.717, 1.165) is 6.42 Å². The van der Waals surface area contributed by atoms with Crippen molar-refractivity contribution in [1.29, 1.82) is 0 Å². The maximum Gasteiger partial charge on any atom is 0.167 e. The highest BCUT2D eigenvalue weighted by atomic mass is 79.9. The van der Waals surface area contributed by atoms with Gasteiger partial charge in [-0.05, 0) is 20.3 Å². The Morgan fingerprint density at radius 1 is 1.36 bits per heavy atom. The van der Waals surface area contributed by atoms with Crippen molar-refractivity contribution in [2.75, 3.05) is 11.9 Å². The number of unbranched alkanes of at least 4 members (excludes halogenated alkanes) is 1. The molecule has 2 atom stereocenters. The molecule has 0 amide bonds. The second-order valence-electron chi connectivity index (χ2n) is 3.10. The minimum atomic E-state index is -0.138. The van der Waals surface area contributed by atoms with Crippen LogP contribution in [-0.4, -0.2) is 24.3 Å². The van der Waals surface area contributed by atoms with Gasteiger partial charge in [-0.25, -0.2) is 0 Å². The van der Waals surface area contributed by atoms with Gasteiger partial charge in [0, 0.05) is 6.61 Å². The Labute approximate surface area is 95.8 Å². The van der Waals surface area contributed by atoms with Crippen LogP contribution >= 0.6 is 15.9 Å². The third kappa shape index (κ3) is 7.54. The number of alkyl halides is 1. The molecule has 0 aromatic carbocycles. The van der Waals surface area contributed by atoms with Crippen LogP contribution in [0.5, 0.6) is 0 Å². The van der Waals surface area contributed by atoms with Gasteiger partial charge in [0.25, 0.3) is 0 Å². The second kappa shape index (κ2) is 9.69. The summed E-state index contributed by atoms with van der Waals surface area (Å²) < 4.78 is 11.0. The predicted octanol–water partition coefficient (Wildman–Crippen LogP) is 3.51. The number of rotatable bonds is 8. The quantitative estimate of drug-likeness (QED) is 0.380. The third-order valence-corrected chi connectivity index (χ3v) is 2.24. The van der Waals surface area contributed by atoms with E-state index in [9.17, 15) is 0 Å². The van der Waals surface area contributed by atoms with E-state index in [1.54, 1.807) is 0 Å². The summed E-state index contributed by atoms with van der Waals surface area (Å²) in [4.78, 5) is 0. The standard InChI is InChI=1S/C11H21BrO2/c1-4-6-7-8-10(3)14-11(9-12)13-5-2/h7-8,10-11H,4-6,9H2,1-3H3/b8-7+. The highest BCUT2D eigenvalue weighted by molar-refractivity contribution is 9.09. The first-order valence-electron chi connectivity index (χ1n) is 5.24. The second-order valence-corrected chi connectivity index (χ2v) is 3.74. The average Bonchev–Trinajstić information content (AvgIpc) is 2.17. The lowest BCUT2D eigenvalue weighted by Gasteiger charge is -2.18. The molecule has 0 N–H and O–H groups in total. The van der Waals surface area contributed by atoms with Gasteiger partial charge in [0.15, 0.2) is 6.29 Å². The molecule has 0 rings (SSSR count).